The molecule has 136 valence electrons. The molecule has 2 heterocycles. The topological polar surface area (TPSA) is 53.4 Å². The number of likely N-dealkylation sites (N-methyl/N-ethyl adjacent to an activating group) is 1. The molecular formula is C17H23ClFN5O. The Morgan fingerprint density at radius 2 is 1.92 bits per heavy atom. The van der Waals surface area contributed by atoms with Gasteiger partial charge in [-0.2, -0.15) is 5.10 Å². The van der Waals surface area contributed by atoms with Crippen LogP contribution >= 0.6 is 12.4 Å². The van der Waals surface area contributed by atoms with Crippen LogP contribution in [-0.2, 0) is 11.3 Å². The molecule has 2 aromatic rings. The Morgan fingerprint density at radius 1 is 1.24 bits per heavy atom. The molecule has 1 aliphatic rings. The molecule has 0 saturated carbocycles. The van der Waals surface area contributed by atoms with Crippen molar-refractivity contribution in [2.45, 2.75) is 6.54 Å². The van der Waals surface area contributed by atoms with E-state index < -0.39 is 0 Å². The van der Waals surface area contributed by atoms with Gasteiger partial charge in [-0.3, -0.25) is 9.69 Å². The summed E-state index contributed by atoms with van der Waals surface area (Å²) in [6.07, 6.45) is 1.71. The van der Waals surface area contributed by atoms with Gasteiger partial charge in [0.2, 0.25) is 5.91 Å². The Kier molecular flexibility index (Phi) is 6.92. The van der Waals surface area contributed by atoms with Gasteiger partial charge in [-0.1, -0.05) is 0 Å². The summed E-state index contributed by atoms with van der Waals surface area (Å²) in [6, 6.07) is 8.13. The largest absolute Gasteiger partial charge is 0.339 e. The van der Waals surface area contributed by atoms with E-state index in [2.05, 4.69) is 10.4 Å². The van der Waals surface area contributed by atoms with E-state index in [4.69, 9.17) is 0 Å². The lowest BCUT2D eigenvalue weighted by Crippen LogP contribution is -2.49. The molecule has 1 fully saturated rings. The van der Waals surface area contributed by atoms with Gasteiger partial charge in [0.1, 0.15) is 5.82 Å². The maximum Gasteiger partial charge on any atom is 0.236 e. The number of carbonyl (C=O) groups is 1. The van der Waals surface area contributed by atoms with Crippen LogP contribution in [0.4, 0.5) is 4.39 Å². The molecule has 0 spiro atoms. The standard InChI is InChI=1S/C17H22FN5O.ClH/c1-21(13-17(24)22-10-8-19-9-11-22)12-16-6-7-20-23(16)15-4-2-14(18)3-5-15;/h2-7,19H,8-13H2,1H3;1H. The number of nitrogens with one attached hydrogen (secondary N) is 1. The van der Waals surface area contributed by atoms with Gasteiger partial charge in [-0.05, 0) is 37.4 Å². The monoisotopic (exact) mass is 367 g/mol. The molecule has 0 radical (unpaired) electrons. The fourth-order valence-corrected chi connectivity index (χ4v) is 2.84. The van der Waals surface area contributed by atoms with Gasteiger partial charge in [0.15, 0.2) is 0 Å². The number of nitrogens with zero attached hydrogens (tertiary/aromatic N) is 4. The zero-order chi connectivity index (χ0) is 16.9. The lowest BCUT2D eigenvalue weighted by molar-refractivity contribution is -0.132. The molecule has 1 saturated heterocycles. The first kappa shape index (κ1) is 19.4. The smallest absolute Gasteiger partial charge is 0.236 e. The summed E-state index contributed by atoms with van der Waals surface area (Å²) in [5, 5.41) is 7.55. The van der Waals surface area contributed by atoms with Crippen molar-refractivity contribution >= 4 is 18.3 Å². The minimum Gasteiger partial charge on any atom is -0.339 e. The molecule has 0 unspecified atom stereocenters. The van der Waals surface area contributed by atoms with Crippen molar-refractivity contribution in [1.82, 2.24) is 24.9 Å². The Balaban J connectivity index is 0.00000225. The molecular weight excluding hydrogens is 345 g/mol. The summed E-state index contributed by atoms with van der Waals surface area (Å²) < 4.78 is 14.8. The van der Waals surface area contributed by atoms with Crippen molar-refractivity contribution in [2.75, 3.05) is 39.8 Å². The number of amides is 1. The van der Waals surface area contributed by atoms with E-state index in [-0.39, 0.29) is 24.1 Å². The first-order valence-electron chi connectivity index (χ1n) is 8.09. The molecule has 1 aromatic heterocycles. The van der Waals surface area contributed by atoms with Gasteiger partial charge in [0.25, 0.3) is 0 Å². The third kappa shape index (κ3) is 5.01. The minimum absolute atomic E-state index is 0. The van der Waals surface area contributed by atoms with Crippen molar-refractivity contribution in [1.29, 1.82) is 0 Å². The van der Waals surface area contributed by atoms with Crippen LogP contribution in [0.1, 0.15) is 5.69 Å². The molecule has 1 aliphatic heterocycles. The van der Waals surface area contributed by atoms with Crippen LogP contribution in [0.25, 0.3) is 5.69 Å². The van der Waals surface area contributed by atoms with Gasteiger partial charge >= 0.3 is 0 Å². The molecule has 6 nitrogen and oxygen atoms in total. The van der Waals surface area contributed by atoms with E-state index in [9.17, 15) is 9.18 Å². The number of rotatable bonds is 5. The number of piperazine rings is 1. The van der Waals surface area contributed by atoms with Crippen molar-refractivity contribution in [3.8, 4) is 5.69 Å². The molecule has 0 atom stereocenters. The Hall–Kier alpha value is -1.96. The van der Waals surface area contributed by atoms with Gasteiger partial charge in [0, 0.05) is 38.9 Å². The summed E-state index contributed by atoms with van der Waals surface area (Å²) in [6.45, 7) is 4.20. The van der Waals surface area contributed by atoms with Crippen molar-refractivity contribution in [3.63, 3.8) is 0 Å². The van der Waals surface area contributed by atoms with Crippen LogP contribution in [0.2, 0.25) is 0 Å². The molecule has 25 heavy (non-hydrogen) atoms. The number of benzene rings is 1. The quantitative estimate of drug-likeness (QED) is 0.865. The number of hydrogen-bond acceptors (Lipinski definition) is 4. The van der Waals surface area contributed by atoms with E-state index in [0.717, 1.165) is 37.6 Å². The fraction of sp³-hybridized carbons (Fsp3) is 0.412. The lowest BCUT2D eigenvalue weighted by atomic mass is 10.3. The maximum absolute atomic E-state index is 13.1. The SMILES string of the molecule is CN(CC(=O)N1CCNCC1)Cc1ccnn1-c1ccc(F)cc1.Cl. The highest BCUT2D eigenvalue weighted by molar-refractivity contribution is 5.85. The number of aromatic nitrogens is 2. The van der Waals surface area contributed by atoms with Gasteiger partial charge in [-0.25, -0.2) is 9.07 Å². The van der Waals surface area contributed by atoms with Crippen LogP contribution in [0.15, 0.2) is 36.5 Å². The third-order valence-corrected chi connectivity index (χ3v) is 4.10. The number of carbonyl (C=O) groups excluding carboxylic acids is 1. The van der Waals surface area contributed by atoms with Crippen molar-refractivity contribution < 1.29 is 9.18 Å². The normalized spacial score (nSPS) is 14.4. The van der Waals surface area contributed by atoms with E-state index in [1.807, 2.05) is 22.9 Å². The molecule has 3 rings (SSSR count). The van der Waals surface area contributed by atoms with E-state index in [0.29, 0.717) is 13.1 Å². The molecule has 1 aromatic carbocycles. The molecule has 1 amide bonds. The van der Waals surface area contributed by atoms with Crippen LogP contribution in [0.3, 0.4) is 0 Å². The Morgan fingerprint density at radius 3 is 2.60 bits per heavy atom. The van der Waals surface area contributed by atoms with Gasteiger partial charge < -0.3 is 10.2 Å². The maximum atomic E-state index is 13.1. The van der Waals surface area contributed by atoms with Gasteiger partial charge in [-0.15, -0.1) is 12.4 Å². The lowest BCUT2D eigenvalue weighted by Gasteiger charge is -2.29. The second-order valence-electron chi connectivity index (χ2n) is 6.01. The highest BCUT2D eigenvalue weighted by Crippen LogP contribution is 2.13. The van der Waals surface area contributed by atoms with Crippen molar-refractivity contribution in [3.05, 3.63) is 48.0 Å². The van der Waals surface area contributed by atoms with Crippen molar-refractivity contribution in [2.24, 2.45) is 0 Å². The van der Waals surface area contributed by atoms with Crippen LogP contribution in [0, 0.1) is 5.82 Å². The highest BCUT2D eigenvalue weighted by Gasteiger charge is 2.18. The third-order valence-electron chi connectivity index (χ3n) is 4.10. The zero-order valence-electron chi connectivity index (χ0n) is 14.2. The highest BCUT2D eigenvalue weighted by atomic mass is 35.5. The number of halogens is 2. The van der Waals surface area contributed by atoms with Gasteiger partial charge in [0.05, 0.1) is 17.9 Å². The molecule has 0 bridgehead atoms. The second-order valence-corrected chi connectivity index (χ2v) is 6.01. The second kappa shape index (κ2) is 8.94. The number of hydrogen-bond donors (Lipinski definition) is 1. The van der Waals surface area contributed by atoms with Crippen LogP contribution < -0.4 is 5.32 Å². The molecule has 0 aliphatic carbocycles. The summed E-state index contributed by atoms with van der Waals surface area (Å²) in [5.74, 6) is -0.127. The first-order chi connectivity index (χ1) is 11.6. The summed E-state index contributed by atoms with van der Waals surface area (Å²) in [4.78, 5) is 16.2. The van der Waals surface area contributed by atoms with E-state index in [1.165, 1.54) is 12.1 Å². The average Bonchev–Trinajstić information content (AvgIpc) is 3.04. The summed E-state index contributed by atoms with van der Waals surface area (Å²) in [5.41, 5.74) is 1.76. The Bertz CT molecular complexity index is 685. The first-order valence-corrected chi connectivity index (χ1v) is 8.09. The minimum atomic E-state index is -0.272. The van der Waals surface area contributed by atoms with Crippen LogP contribution in [0.5, 0.6) is 0 Å². The Labute approximate surface area is 153 Å². The van der Waals surface area contributed by atoms with Crippen LogP contribution in [-0.4, -0.2) is 65.3 Å². The fourth-order valence-electron chi connectivity index (χ4n) is 2.84. The average molecular weight is 368 g/mol. The van der Waals surface area contributed by atoms with E-state index in [1.54, 1.807) is 23.0 Å². The summed E-state index contributed by atoms with van der Waals surface area (Å²) >= 11 is 0. The predicted molar refractivity (Wildman–Crippen MR) is 96.6 cm³/mol. The molecule has 8 heteroatoms. The zero-order valence-corrected chi connectivity index (χ0v) is 15.0. The predicted octanol–water partition coefficient (Wildman–Crippen LogP) is 1.30. The van der Waals surface area contributed by atoms with E-state index >= 15 is 0 Å². The molecule has 1 N–H and O–H groups in total. The summed E-state index contributed by atoms with van der Waals surface area (Å²) in [7, 11) is 1.92.